The van der Waals surface area contributed by atoms with Crippen molar-refractivity contribution < 1.29 is 4.79 Å². The van der Waals surface area contributed by atoms with Gasteiger partial charge in [-0.3, -0.25) is 4.79 Å². The minimum atomic E-state index is -0.609. The summed E-state index contributed by atoms with van der Waals surface area (Å²) >= 11 is 0. The molecule has 1 aromatic heterocycles. The van der Waals surface area contributed by atoms with Gasteiger partial charge in [-0.25, -0.2) is 9.67 Å². The SMILES string of the molecule is CCc1nc(CC)n(CCCC(C)(NC2CC2)C(N)=O)n1. The van der Waals surface area contributed by atoms with Gasteiger partial charge in [-0.15, -0.1) is 0 Å². The van der Waals surface area contributed by atoms with Crippen molar-refractivity contribution >= 4 is 5.91 Å². The molecule has 0 bridgehead atoms. The first-order valence-corrected chi connectivity index (χ1v) is 7.98. The average molecular weight is 293 g/mol. The first-order valence-electron chi connectivity index (χ1n) is 7.98. The van der Waals surface area contributed by atoms with E-state index in [1.165, 1.54) is 0 Å². The third-order valence-corrected chi connectivity index (χ3v) is 4.12. The van der Waals surface area contributed by atoms with E-state index in [4.69, 9.17) is 5.73 Å². The lowest BCUT2D eigenvalue weighted by Crippen LogP contribution is -2.54. The van der Waals surface area contributed by atoms with Crippen LogP contribution in [-0.4, -0.2) is 32.3 Å². The summed E-state index contributed by atoms with van der Waals surface area (Å²) < 4.78 is 1.97. The molecule has 6 nitrogen and oxygen atoms in total. The van der Waals surface area contributed by atoms with Crippen LogP contribution in [0.2, 0.25) is 0 Å². The highest BCUT2D eigenvalue weighted by Gasteiger charge is 2.36. The van der Waals surface area contributed by atoms with Gasteiger partial charge in [-0.1, -0.05) is 13.8 Å². The van der Waals surface area contributed by atoms with Gasteiger partial charge in [0, 0.05) is 25.4 Å². The minimum absolute atomic E-state index is 0.266. The Morgan fingerprint density at radius 1 is 1.43 bits per heavy atom. The molecular weight excluding hydrogens is 266 g/mol. The van der Waals surface area contributed by atoms with E-state index in [2.05, 4.69) is 29.2 Å². The molecule has 0 radical (unpaired) electrons. The Hall–Kier alpha value is -1.43. The second-order valence-corrected chi connectivity index (χ2v) is 6.09. The fourth-order valence-electron chi connectivity index (χ4n) is 2.54. The maximum Gasteiger partial charge on any atom is 0.237 e. The second-order valence-electron chi connectivity index (χ2n) is 6.09. The number of primary amides is 1. The summed E-state index contributed by atoms with van der Waals surface area (Å²) in [5.41, 5.74) is 4.96. The lowest BCUT2D eigenvalue weighted by Gasteiger charge is -2.27. The number of hydrogen-bond donors (Lipinski definition) is 2. The fourth-order valence-corrected chi connectivity index (χ4v) is 2.54. The number of carbonyl (C=O) groups excluding carboxylic acids is 1. The van der Waals surface area contributed by atoms with E-state index in [-0.39, 0.29) is 5.91 Å². The maximum absolute atomic E-state index is 11.7. The zero-order valence-electron chi connectivity index (χ0n) is 13.4. The van der Waals surface area contributed by atoms with E-state index in [0.717, 1.165) is 56.7 Å². The minimum Gasteiger partial charge on any atom is -0.368 e. The third kappa shape index (κ3) is 4.03. The molecule has 6 heteroatoms. The summed E-state index contributed by atoms with van der Waals surface area (Å²) in [6, 6.07) is 0.465. The highest BCUT2D eigenvalue weighted by molar-refractivity contribution is 5.84. The van der Waals surface area contributed by atoms with Gasteiger partial charge >= 0.3 is 0 Å². The molecule has 118 valence electrons. The Morgan fingerprint density at radius 2 is 2.14 bits per heavy atom. The Balaban J connectivity index is 1.92. The van der Waals surface area contributed by atoms with E-state index < -0.39 is 5.54 Å². The largest absolute Gasteiger partial charge is 0.368 e. The van der Waals surface area contributed by atoms with Gasteiger partial charge in [0.2, 0.25) is 5.91 Å². The van der Waals surface area contributed by atoms with Crippen LogP contribution < -0.4 is 11.1 Å². The normalized spacial score (nSPS) is 17.7. The summed E-state index contributed by atoms with van der Waals surface area (Å²) in [5.74, 6) is 1.64. The lowest BCUT2D eigenvalue weighted by atomic mass is 9.94. The molecule has 1 aliphatic carbocycles. The van der Waals surface area contributed by atoms with E-state index >= 15 is 0 Å². The Morgan fingerprint density at radius 3 is 2.67 bits per heavy atom. The predicted molar refractivity (Wildman–Crippen MR) is 81.8 cm³/mol. The van der Waals surface area contributed by atoms with Crippen LogP contribution in [0.25, 0.3) is 0 Å². The molecule has 0 aliphatic heterocycles. The number of nitrogens with one attached hydrogen (secondary N) is 1. The quantitative estimate of drug-likeness (QED) is 0.716. The summed E-state index contributed by atoms with van der Waals surface area (Å²) in [7, 11) is 0. The monoisotopic (exact) mass is 293 g/mol. The smallest absolute Gasteiger partial charge is 0.237 e. The zero-order valence-corrected chi connectivity index (χ0v) is 13.4. The van der Waals surface area contributed by atoms with Gasteiger partial charge in [-0.05, 0) is 32.6 Å². The molecule has 3 N–H and O–H groups in total. The van der Waals surface area contributed by atoms with E-state index in [9.17, 15) is 4.79 Å². The number of carbonyl (C=O) groups is 1. The molecular formula is C15H27N5O. The summed E-state index contributed by atoms with van der Waals surface area (Å²) in [4.78, 5) is 16.2. The Kier molecular flexibility index (Phi) is 4.98. The van der Waals surface area contributed by atoms with Crippen LogP contribution in [0.4, 0.5) is 0 Å². The van der Waals surface area contributed by atoms with E-state index in [0.29, 0.717) is 6.04 Å². The molecule has 0 aromatic carbocycles. The fraction of sp³-hybridized carbons (Fsp3) is 0.800. The molecule has 1 heterocycles. The Labute approximate surface area is 126 Å². The van der Waals surface area contributed by atoms with Crippen molar-refractivity contribution in [3.8, 4) is 0 Å². The van der Waals surface area contributed by atoms with Crippen molar-refractivity contribution in [1.82, 2.24) is 20.1 Å². The topological polar surface area (TPSA) is 85.8 Å². The highest BCUT2D eigenvalue weighted by atomic mass is 16.1. The van der Waals surface area contributed by atoms with Crippen LogP contribution >= 0.6 is 0 Å². The van der Waals surface area contributed by atoms with Crippen molar-refractivity contribution in [3.05, 3.63) is 11.6 Å². The van der Waals surface area contributed by atoms with Gasteiger partial charge in [0.05, 0.1) is 5.54 Å². The van der Waals surface area contributed by atoms with Crippen molar-refractivity contribution in [2.45, 2.75) is 77.4 Å². The molecule has 1 aliphatic rings. The summed E-state index contributed by atoms with van der Waals surface area (Å²) in [5, 5.41) is 7.88. The maximum atomic E-state index is 11.7. The van der Waals surface area contributed by atoms with Gasteiger partial charge in [0.25, 0.3) is 0 Å². The number of rotatable bonds is 9. The zero-order chi connectivity index (χ0) is 15.5. The first kappa shape index (κ1) is 15.9. The van der Waals surface area contributed by atoms with Crippen LogP contribution in [0.1, 0.15) is 58.1 Å². The Bertz CT molecular complexity index is 494. The van der Waals surface area contributed by atoms with Gasteiger partial charge in [0.15, 0.2) is 5.82 Å². The van der Waals surface area contributed by atoms with Crippen LogP contribution in [0.5, 0.6) is 0 Å². The van der Waals surface area contributed by atoms with E-state index in [1.54, 1.807) is 0 Å². The van der Waals surface area contributed by atoms with Crippen LogP contribution in [0.15, 0.2) is 0 Å². The predicted octanol–water partition coefficient (Wildman–Crippen LogP) is 1.18. The number of aryl methyl sites for hydroxylation is 3. The van der Waals surface area contributed by atoms with Gasteiger partial charge < -0.3 is 11.1 Å². The van der Waals surface area contributed by atoms with Crippen LogP contribution in [0.3, 0.4) is 0 Å². The van der Waals surface area contributed by atoms with Crippen molar-refractivity contribution in [3.63, 3.8) is 0 Å². The molecule has 1 aromatic rings. The van der Waals surface area contributed by atoms with Gasteiger partial charge in [0.1, 0.15) is 5.82 Å². The van der Waals surface area contributed by atoms with Gasteiger partial charge in [-0.2, -0.15) is 5.10 Å². The van der Waals surface area contributed by atoms with Crippen molar-refractivity contribution in [2.75, 3.05) is 0 Å². The molecule has 1 amide bonds. The molecule has 1 unspecified atom stereocenters. The number of amides is 1. The number of aromatic nitrogens is 3. The molecule has 21 heavy (non-hydrogen) atoms. The number of nitrogens with two attached hydrogens (primary N) is 1. The summed E-state index contributed by atoms with van der Waals surface area (Å²) in [6.45, 7) is 6.84. The first-order chi connectivity index (χ1) is 9.98. The molecule has 2 rings (SSSR count). The number of nitrogens with zero attached hydrogens (tertiary/aromatic N) is 3. The standard InChI is InChI=1S/C15H27N5O/c1-4-12-17-13(5-2)20(19-12)10-6-9-15(3,14(16)21)18-11-7-8-11/h11,18H,4-10H2,1-3H3,(H2,16,21). The summed E-state index contributed by atoms with van der Waals surface area (Å²) in [6.07, 6.45) is 5.60. The van der Waals surface area contributed by atoms with Crippen molar-refractivity contribution in [2.24, 2.45) is 5.73 Å². The van der Waals surface area contributed by atoms with Crippen molar-refractivity contribution in [1.29, 1.82) is 0 Å². The molecule has 1 fully saturated rings. The molecule has 1 saturated carbocycles. The second kappa shape index (κ2) is 6.56. The number of hydrogen-bond acceptors (Lipinski definition) is 4. The molecule has 0 saturated heterocycles. The lowest BCUT2D eigenvalue weighted by molar-refractivity contribution is -0.124. The third-order valence-electron chi connectivity index (χ3n) is 4.12. The molecule has 1 atom stereocenters. The van der Waals surface area contributed by atoms with Crippen LogP contribution in [0, 0.1) is 0 Å². The molecule has 0 spiro atoms. The highest BCUT2D eigenvalue weighted by Crippen LogP contribution is 2.24. The average Bonchev–Trinajstić information content (AvgIpc) is 3.16. The van der Waals surface area contributed by atoms with E-state index in [1.807, 2.05) is 11.6 Å². The van der Waals surface area contributed by atoms with Crippen LogP contribution in [-0.2, 0) is 24.2 Å².